The highest BCUT2D eigenvalue weighted by atomic mass is 79.9. The van der Waals surface area contributed by atoms with E-state index in [0.717, 1.165) is 4.90 Å². The van der Waals surface area contributed by atoms with E-state index in [1.807, 2.05) is 6.92 Å². The Labute approximate surface area is 118 Å². The highest BCUT2D eigenvalue weighted by Crippen LogP contribution is 2.27. The predicted octanol–water partition coefficient (Wildman–Crippen LogP) is 2.78. The first kappa shape index (κ1) is 15.3. The molecule has 19 heavy (non-hydrogen) atoms. The number of nitro benzene ring substituents is 1. The van der Waals surface area contributed by atoms with Gasteiger partial charge in [0.2, 0.25) is 12.3 Å². The van der Waals surface area contributed by atoms with Crippen LogP contribution in [0.25, 0.3) is 0 Å². The van der Waals surface area contributed by atoms with E-state index in [9.17, 15) is 19.7 Å². The largest absolute Gasteiger partial charge is 0.278 e. The first-order chi connectivity index (χ1) is 9.04. The molecule has 1 rings (SSSR count). The Bertz CT molecular complexity index is 505. The molecule has 0 bridgehead atoms. The zero-order chi connectivity index (χ0) is 14.4. The average molecular weight is 329 g/mol. The van der Waals surface area contributed by atoms with E-state index < -0.39 is 4.92 Å². The van der Waals surface area contributed by atoms with Gasteiger partial charge in [-0.15, -0.1) is 0 Å². The lowest BCUT2D eigenvalue weighted by molar-refractivity contribution is -0.384. The van der Waals surface area contributed by atoms with Crippen molar-refractivity contribution in [2.45, 2.75) is 25.1 Å². The fourth-order valence-electron chi connectivity index (χ4n) is 1.61. The molecule has 0 N–H and O–H groups in total. The number of hydrogen-bond acceptors (Lipinski definition) is 4. The minimum Gasteiger partial charge on any atom is -0.278 e. The molecule has 0 spiro atoms. The number of carbonyl (C=O) groups is 2. The summed E-state index contributed by atoms with van der Waals surface area (Å²) in [5.41, 5.74) is 0.814. The average Bonchev–Trinajstić information content (AvgIpc) is 2.40. The lowest BCUT2D eigenvalue weighted by Gasteiger charge is -2.18. The van der Waals surface area contributed by atoms with Crippen molar-refractivity contribution in [3.63, 3.8) is 0 Å². The Balaban J connectivity index is 3.20. The van der Waals surface area contributed by atoms with Gasteiger partial charge in [-0.3, -0.25) is 24.6 Å². The van der Waals surface area contributed by atoms with Gasteiger partial charge >= 0.3 is 0 Å². The standard InChI is InChI=1S/C12H13BrN2O4/c1-2-3-12(17)14(8-16)11-5-4-10(15(18)19)6-9(11)7-13/h4-6,8H,2-3,7H2,1H3. The normalized spacial score (nSPS) is 10.0. The topological polar surface area (TPSA) is 80.5 Å². The number of anilines is 1. The number of nitrogens with zero attached hydrogens (tertiary/aromatic N) is 2. The number of non-ortho nitro benzene ring substituents is 1. The van der Waals surface area contributed by atoms with Crippen LogP contribution in [0.2, 0.25) is 0 Å². The van der Waals surface area contributed by atoms with Crippen molar-refractivity contribution in [3.05, 3.63) is 33.9 Å². The van der Waals surface area contributed by atoms with Crippen LogP contribution in [0.4, 0.5) is 11.4 Å². The van der Waals surface area contributed by atoms with E-state index in [1.54, 1.807) is 0 Å². The molecule has 7 heteroatoms. The Hall–Kier alpha value is -1.76. The highest BCUT2D eigenvalue weighted by molar-refractivity contribution is 9.08. The molecule has 0 aliphatic heterocycles. The maximum atomic E-state index is 11.8. The monoisotopic (exact) mass is 328 g/mol. The van der Waals surface area contributed by atoms with Crippen molar-refractivity contribution in [1.29, 1.82) is 0 Å². The minimum absolute atomic E-state index is 0.0769. The van der Waals surface area contributed by atoms with Crippen molar-refractivity contribution in [2.75, 3.05) is 4.90 Å². The molecular formula is C12H13BrN2O4. The van der Waals surface area contributed by atoms with Crippen molar-refractivity contribution in [1.82, 2.24) is 0 Å². The van der Waals surface area contributed by atoms with Crippen molar-refractivity contribution in [2.24, 2.45) is 0 Å². The maximum Gasteiger partial charge on any atom is 0.269 e. The second-order valence-corrected chi connectivity index (χ2v) is 4.38. The highest BCUT2D eigenvalue weighted by Gasteiger charge is 2.19. The number of nitro groups is 1. The molecule has 1 aromatic rings. The van der Waals surface area contributed by atoms with Crippen LogP contribution in [0.5, 0.6) is 0 Å². The van der Waals surface area contributed by atoms with Gasteiger partial charge in [-0.25, -0.2) is 0 Å². The van der Waals surface area contributed by atoms with Gasteiger partial charge in [0.05, 0.1) is 10.6 Å². The lowest BCUT2D eigenvalue weighted by Crippen LogP contribution is -2.29. The van der Waals surface area contributed by atoms with Crippen molar-refractivity contribution < 1.29 is 14.5 Å². The number of alkyl halides is 1. The molecule has 0 atom stereocenters. The summed E-state index contributed by atoms with van der Waals surface area (Å²) < 4.78 is 0. The van der Waals surface area contributed by atoms with Gasteiger partial charge in [0.1, 0.15) is 0 Å². The van der Waals surface area contributed by atoms with E-state index in [0.29, 0.717) is 29.4 Å². The molecule has 0 saturated carbocycles. The SMILES string of the molecule is CCCC(=O)N(C=O)c1ccc([N+](=O)[O-])cc1CBr. The molecule has 0 aliphatic carbocycles. The number of halogens is 1. The second kappa shape index (κ2) is 6.98. The molecule has 6 nitrogen and oxygen atoms in total. The molecule has 0 radical (unpaired) electrons. The maximum absolute atomic E-state index is 11.8. The number of hydrogen-bond donors (Lipinski definition) is 0. The third-order valence-corrected chi connectivity index (χ3v) is 3.12. The van der Waals surface area contributed by atoms with Crippen molar-refractivity contribution in [3.8, 4) is 0 Å². The van der Waals surface area contributed by atoms with Gasteiger partial charge in [-0.1, -0.05) is 22.9 Å². The summed E-state index contributed by atoms with van der Waals surface area (Å²) >= 11 is 3.20. The van der Waals surface area contributed by atoms with Crippen LogP contribution in [-0.2, 0) is 14.9 Å². The van der Waals surface area contributed by atoms with Crippen LogP contribution >= 0.6 is 15.9 Å². The van der Waals surface area contributed by atoms with Crippen LogP contribution in [0.3, 0.4) is 0 Å². The third-order valence-electron chi connectivity index (χ3n) is 2.52. The Morgan fingerprint density at radius 2 is 2.21 bits per heavy atom. The van der Waals surface area contributed by atoms with E-state index in [1.165, 1.54) is 18.2 Å². The molecule has 0 unspecified atom stereocenters. The first-order valence-corrected chi connectivity index (χ1v) is 6.77. The Morgan fingerprint density at radius 1 is 1.53 bits per heavy atom. The predicted molar refractivity (Wildman–Crippen MR) is 74.2 cm³/mol. The quantitative estimate of drug-likeness (QED) is 0.348. The smallest absolute Gasteiger partial charge is 0.269 e. The second-order valence-electron chi connectivity index (χ2n) is 3.82. The van der Waals surface area contributed by atoms with Crippen molar-refractivity contribution >= 4 is 39.6 Å². The fraction of sp³-hybridized carbons (Fsp3) is 0.333. The molecule has 0 fully saturated rings. The molecule has 0 saturated heterocycles. The van der Waals surface area contributed by atoms with Gasteiger partial charge in [-0.2, -0.15) is 0 Å². The van der Waals surface area contributed by atoms with Gasteiger partial charge in [0, 0.05) is 23.9 Å². The van der Waals surface area contributed by atoms with Crippen LogP contribution in [0.15, 0.2) is 18.2 Å². The van der Waals surface area contributed by atoms with E-state index in [-0.39, 0.29) is 18.0 Å². The van der Waals surface area contributed by atoms with Gasteiger partial charge in [0.15, 0.2) is 0 Å². The van der Waals surface area contributed by atoms with Crippen LogP contribution < -0.4 is 4.90 Å². The minimum atomic E-state index is -0.519. The summed E-state index contributed by atoms with van der Waals surface area (Å²) in [6.45, 7) is 1.84. The van der Waals surface area contributed by atoms with E-state index in [4.69, 9.17) is 0 Å². The van der Waals surface area contributed by atoms with Gasteiger partial charge in [-0.05, 0) is 18.1 Å². The molecule has 2 amide bonds. The Morgan fingerprint density at radius 3 is 2.68 bits per heavy atom. The van der Waals surface area contributed by atoms with E-state index in [2.05, 4.69) is 15.9 Å². The third kappa shape index (κ3) is 3.60. The fourth-order valence-corrected chi connectivity index (χ4v) is 2.06. The summed E-state index contributed by atoms with van der Waals surface area (Å²) in [4.78, 5) is 34.0. The zero-order valence-electron chi connectivity index (χ0n) is 10.3. The number of carbonyl (C=O) groups excluding carboxylic acids is 2. The van der Waals surface area contributed by atoms with Crippen LogP contribution in [0.1, 0.15) is 25.3 Å². The molecule has 1 aromatic carbocycles. The molecule has 0 aliphatic rings. The number of amides is 2. The summed E-state index contributed by atoms with van der Waals surface area (Å²) in [5, 5.41) is 11.0. The molecule has 0 heterocycles. The number of imide groups is 1. The summed E-state index contributed by atoms with van der Waals surface area (Å²) in [6, 6.07) is 4.04. The zero-order valence-corrected chi connectivity index (χ0v) is 11.9. The lowest BCUT2D eigenvalue weighted by atomic mass is 10.1. The molecular weight excluding hydrogens is 316 g/mol. The molecule has 102 valence electrons. The number of rotatable bonds is 6. The summed E-state index contributed by atoms with van der Waals surface area (Å²) in [5.74, 6) is -0.325. The van der Waals surface area contributed by atoms with E-state index >= 15 is 0 Å². The first-order valence-electron chi connectivity index (χ1n) is 5.65. The Kier molecular flexibility index (Phi) is 5.62. The van der Waals surface area contributed by atoms with Crippen LogP contribution in [0, 0.1) is 10.1 Å². The van der Waals surface area contributed by atoms with Crippen LogP contribution in [-0.4, -0.2) is 17.2 Å². The van der Waals surface area contributed by atoms with Gasteiger partial charge < -0.3 is 0 Å². The van der Waals surface area contributed by atoms with Gasteiger partial charge in [0.25, 0.3) is 5.69 Å². The summed E-state index contributed by atoms with van der Waals surface area (Å²) in [6.07, 6.45) is 1.31. The molecule has 0 aromatic heterocycles. The summed E-state index contributed by atoms with van der Waals surface area (Å²) in [7, 11) is 0. The number of benzene rings is 1.